The maximum Gasteiger partial charge on any atom is 0.127 e. The molecule has 1 N–H and O–H groups in total. The summed E-state index contributed by atoms with van der Waals surface area (Å²) in [5.41, 5.74) is 1.24. The largest absolute Gasteiger partial charge is 0.508 e. The van der Waals surface area contributed by atoms with E-state index in [2.05, 4.69) is 16.8 Å². The zero-order valence-electron chi connectivity index (χ0n) is 12.0. The lowest BCUT2D eigenvalue weighted by atomic mass is 10.0. The van der Waals surface area contributed by atoms with Gasteiger partial charge in [-0.25, -0.2) is 0 Å². The van der Waals surface area contributed by atoms with Crippen molar-refractivity contribution in [2.75, 3.05) is 26.7 Å². The number of fused-ring (bicyclic) bond motifs is 3. The molecule has 3 aliphatic rings. The van der Waals surface area contributed by atoms with Gasteiger partial charge in [0.15, 0.2) is 0 Å². The van der Waals surface area contributed by atoms with Gasteiger partial charge < -0.3 is 9.84 Å². The van der Waals surface area contributed by atoms with E-state index in [1.807, 2.05) is 6.07 Å². The molecule has 3 aliphatic heterocycles. The van der Waals surface area contributed by atoms with Gasteiger partial charge >= 0.3 is 0 Å². The van der Waals surface area contributed by atoms with Gasteiger partial charge in [-0.05, 0) is 38.4 Å². The lowest BCUT2D eigenvalue weighted by Gasteiger charge is -2.30. The standard InChI is InChI=1S/C16H22N2O2/c1-17-11-2-3-12(17)9-18(7-6-11)15-10-20-16-8-13(19)4-5-14(15)16/h4-5,8,11-12,15,19H,2-3,6-7,9-10H2,1H3. The van der Waals surface area contributed by atoms with E-state index in [-0.39, 0.29) is 0 Å². The van der Waals surface area contributed by atoms with Crippen molar-refractivity contribution in [1.82, 2.24) is 9.80 Å². The third kappa shape index (κ3) is 1.90. The van der Waals surface area contributed by atoms with Crippen LogP contribution in [0.5, 0.6) is 11.5 Å². The molecule has 0 radical (unpaired) electrons. The van der Waals surface area contributed by atoms with Gasteiger partial charge in [-0.3, -0.25) is 9.80 Å². The summed E-state index contributed by atoms with van der Waals surface area (Å²) in [5.74, 6) is 1.15. The lowest BCUT2D eigenvalue weighted by Crippen LogP contribution is -2.38. The molecule has 3 atom stereocenters. The Morgan fingerprint density at radius 3 is 2.95 bits per heavy atom. The fourth-order valence-electron chi connectivity index (χ4n) is 4.10. The zero-order chi connectivity index (χ0) is 13.7. The van der Waals surface area contributed by atoms with Gasteiger partial charge in [-0.2, -0.15) is 0 Å². The van der Waals surface area contributed by atoms with Crippen LogP contribution >= 0.6 is 0 Å². The van der Waals surface area contributed by atoms with Crippen LogP contribution in [0.1, 0.15) is 30.9 Å². The summed E-state index contributed by atoms with van der Waals surface area (Å²) in [6.45, 7) is 3.01. The number of likely N-dealkylation sites (tertiary alicyclic amines) is 1. The molecule has 0 amide bonds. The first-order valence-electron chi connectivity index (χ1n) is 7.64. The van der Waals surface area contributed by atoms with Crippen LogP contribution in [-0.2, 0) is 0 Å². The van der Waals surface area contributed by atoms with Crippen molar-refractivity contribution in [3.8, 4) is 11.5 Å². The predicted octanol–water partition coefficient (Wildman–Crippen LogP) is 1.99. The van der Waals surface area contributed by atoms with E-state index in [0.717, 1.165) is 31.5 Å². The van der Waals surface area contributed by atoms with E-state index < -0.39 is 0 Å². The molecule has 0 spiro atoms. The van der Waals surface area contributed by atoms with Gasteiger partial charge in [0.05, 0.1) is 6.04 Å². The van der Waals surface area contributed by atoms with Gasteiger partial charge in [0, 0.05) is 36.8 Å². The second-order valence-corrected chi connectivity index (χ2v) is 6.38. The van der Waals surface area contributed by atoms with Crippen LogP contribution in [0, 0.1) is 0 Å². The number of nitrogens with zero attached hydrogens (tertiary/aromatic N) is 2. The van der Waals surface area contributed by atoms with E-state index in [1.165, 1.54) is 24.8 Å². The molecule has 3 heterocycles. The molecule has 4 nitrogen and oxygen atoms in total. The first kappa shape index (κ1) is 12.5. The van der Waals surface area contributed by atoms with Crippen molar-refractivity contribution in [1.29, 1.82) is 0 Å². The second kappa shape index (κ2) is 4.64. The molecule has 2 fully saturated rings. The molecule has 4 rings (SSSR count). The summed E-state index contributed by atoms with van der Waals surface area (Å²) in [5, 5.41) is 9.56. The molecule has 0 saturated carbocycles. The Kier molecular flexibility index (Phi) is 2.89. The molecule has 3 unspecified atom stereocenters. The van der Waals surface area contributed by atoms with Gasteiger partial charge in [-0.1, -0.05) is 0 Å². The Balaban J connectivity index is 1.58. The highest BCUT2D eigenvalue weighted by atomic mass is 16.5. The van der Waals surface area contributed by atoms with Crippen LogP contribution in [-0.4, -0.2) is 53.7 Å². The second-order valence-electron chi connectivity index (χ2n) is 6.38. The molecule has 2 saturated heterocycles. The van der Waals surface area contributed by atoms with E-state index in [0.29, 0.717) is 17.8 Å². The number of phenolic OH excluding ortho intramolecular Hbond substituents is 1. The fourth-order valence-corrected chi connectivity index (χ4v) is 4.10. The average molecular weight is 274 g/mol. The molecule has 0 aliphatic carbocycles. The first-order chi connectivity index (χ1) is 9.72. The number of rotatable bonds is 1. The van der Waals surface area contributed by atoms with E-state index >= 15 is 0 Å². The van der Waals surface area contributed by atoms with E-state index in [1.54, 1.807) is 12.1 Å². The van der Waals surface area contributed by atoms with Crippen LogP contribution in [0.4, 0.5) is 0 Å². The summed E-state index contributed by atoms with van der Waals surface area (Å²) >= 11 is 0. The number of hydrogen-bond acceptors (Lipinski definition) is 4. The smallest absolute Gasteiger partial charge is 0.127 e. The molecule has 20 heavy (non-hydrogen) atoms. The average Bonchev–Trinajstić information content (AvgIpc) is 2.92. The van der Waals surface area contributed by atoms with Crippen molar-refractivity contribution >= 4 is 0 Å². The monoisotopic (exact) mass is 274 g/mol. The normalized spacial score (nSPS) is 33.8. The Morgan fingerprint density at radius 1 is 1.20 bits per heavy atom. The van der Waals surface area contributed by atoms with Crippen molar-refractivity contribution in [3.63, 3.8) is 0 Å². The molecule has 1 aromatic carbocycles. The molecule has 4 heteroatoms. The van der Waals surface area contributed by atoms with Crippen molar-refractivity contribution in [3.05, 3.63) is 23.8 Å². The number of likely N-dealkylation sites (N-methyl/N-ethyl adjacent to an activating group) is 1. The summed E-state index contributed by atoms with van der Waals surface area (Å²) in [6, 6.07) is 7.37. The Bertz CT molecular complexity index is 519. The highest BCUT2D eigenvalue weighted by Gasteiger charge is 2.38. The highest BCUT2D eigenvalue weighted by molar-refractivity contribution is 5.44. The molecular formula is C16H22N2O2. The maximum atomic E-state index is 9.56. The third-order valence-corrected chi connectivity index (χ3v) is 5.37. The molecule has 1 aromatic rings. The van der Waals surface area contributed by atoms with Gasteiger partial charge in [-0.15, -0.1) is 0 Å². The summed E-state index contributed by atoms with van der Waals surface area (Å²) < 4.78 is 5.78. The van der Waals surface area contributed by atoms with Crippen LogP contribution in [0.3, 0.4) is 0 Å². The summed E-state index contributed by atoms with van der Waals surface area (Å²) in [6.07, 6.45) is 3.95. The van der Waals surface area contributed by atoms with Gasteiger partial charge in [0.2, 0.25) is 0 Å². The van der Waals surface area contributed by atoms with Crippen LogP contribution < -0.4 is 4.74 Å². The topological polar surface area (TPSA) is 35.9 Å². The van der Waals surface area contributed by atoms with Gasteiger partial charge in [0.25, 0.3) is 0 Å². The third-order valence-electron chi connectivity index (χ3n) is 5.37. The number of aromatic hydroxyl groups is 1. The zero-order valence-corrected chi connectivity index (χ0v) is 12.0. The Morgan fingerprint density at radius 2 is 2.05 bits per heavy atom. The van der Waals surface area contributed by atoms with Crippen molar-refractivity contribution < 1.29 is 9.84 Å². The number of benzene rings is 1. The van der Waals surface area contributed by atoms with Crippen molar-refractivity contribution in [2.24, 2.45) is 0 Å². The van der Waals surface area contributed by atoms with E-state index in [4.69, 9.17) is 4.74 Å². The molecule has 108 valence electrons. The molecule has 2 bridgehead atoms. The predicted molar refractivity (Wildman–Crippen MR) is 77.1 cm³/mol. The minimum absolute atomic E-state index is 0.291. The Hall–Kier alpha value is -1.26. The van der Waals surface area contributed by atoms with Crippen LogP contribution in [0.2, 0.25) is 0 Å². The minimum Gasteiger partial charge on any atom is -0.508 e. The summed E-state index contributed by atoms with van der Waals surface area (Å²) in [7, 11) is 2.28. The quantitative estimate of drug-likeness (QED) is 0.849. The molecule has 0 aromatic heterocycles. The van der Waals surface area contributed by atoms with Crippen LogP contribution in [0.15, 0.2) is 18.2 Å². The van der Waals surface area contributed by atoms with Crippen LogP contribution in [0.25, 0.3) is 0 Å². The van der Waals surface area contributed by atoms with Crippen molar-refractivity contribution in [2.45, 2.75) is 37.4 Å². The van der Waals surface area contributed by atoms with E-state index in [9.17, 15) is 5.11 Å². The highest BCUT2D eigenvalue weighted by Crippen LogP contribution is 2.40. The fraction of sp³-hybridized carbons (Fsp3) is 0.625. The minimum atomic E-state index is 0.291. The first-order valence-corrected chi connectivity index (χ1v) is 7.64. The van der Waals surface area contributed by atoms with Gasteiger partial charge in [0.1, 0.15) is 18.1 Å². The number of phenols is 1. The summed E-state index contributed by atoms with van der Waals surface area (Å²) in [4.78, 5) is 5.16. The molecular weight excluding hydrogens is 252 g/mol. The Labute approximate surface area is 119 Å². The maximum absolute atomic E-state index is 9.56. The number of hydrogen-bond donors (Lipinski definition) is 1. The SMILES string of the molecule is CN1C2CCC1CN(C1COc3cc(O)ccc31)CC2. The lowest BCUT2D eigenvalue weighted by molar-refractivity contribution is 0.146. The number of ether oxygens (including phenoxy) is 1.